The summed E-state index contributed by atoms with van der Waals surface area (Å²) >= 11 is 0. The summed E-state index contributed by atoms with van der Waals surface area (Å²) in [4.78, 5) is 24.6. The molecule has 1 saturated heterocycles. The van der Waals surface area contributed by atoms with Crippen molar-refractivity contribution in [2.45, 2.75) is 25.8 Å². The van der Waals surface area contributed by atoms with Crippen molar-refractivity contribution in [1.29, 1.82) is 0 Å². The summed E-state index contributed by atoms with van der Waals surface area (Å²) in [6.45, 7) is 2.74. The van der Waals surface area contributed by atoms with Crippen molar-refractivity contribution in [2.24, 2.45) is 5.92 Å². The molecule has 0 radical (unpaired) electrons. The molecule has 104 valence electrons. The summed E-state index contributed by atoms with van der Waals surface area (Å²) in [5.74, 6) is -1.29. The van der Waals surface area contributed by atoms with Gasteiger partial charge in [0.2, 0.25) is 0 Å². The zero-order valence-electron chi connectivity index (χ0n) is 10.8. The number of aromatic nitrogens is 2. The molecular weight excluding hydrogens is 248 g/mol. The summed E-state index contributed by atoms with van der Waals surface area (Å²) in [5.41, 5.74) is 0.889. The van der Waals surface area contributed by atoms with E-state index in [2.05, 4.69) is 15.5 Å². The minimum absolute atomic E-state index is 0.156. The van der Waals surface area contributed by atoms with Gasteiger partial charge in [0.1, 0.15) is 0 Å². The van der Waals surface area contributed by atoms with Crippen molar-refractivity contribution < 1.29 is 14.7 Å². The molecule has 2 unspecified atom stereocenters. The number of carboxylic acid groups (broad SMARTS) is 1. The second kappa shape index (κ2) is 5.73. The molecule has 0 aromatic carbocycles. The van der Waals surface area contributed by atoms with Gasteiger partial charge in [0, 0.05) is 24.8 Å². The van der Waals surface area contributed by atoms with Crippen molar-refractivity contribution in [3.63, 3.8) is 0 Å². The molecule has 7 heteroatoms. The van der Waals surface area contributed by atoms with E-state index < -0.39 is 11.9 Å². The number of H-pyrrole nitrogens is 1. The second-order valence-electron chi connectivity index (χ2n) is 4.83. The molecule has 2 heterocycles. The Hall–Kier alpha value is -2.05. The van der Waals surface area contributed by atoms with Crippen molar-refractivity contribution in [3.8, 4) is 0 Å². The van der Waals surface area contributed by atoms with E-state index in [1.165, 1.54) is 0 Å². The Morgan fingerprint density at radius 3 is 3.05 bits per heavy atom. The number of nitrogens with one attached hydrogen (secondary N) is 2. The lowest BCUT2D eigenvalue weighted by Crippen LogP contribution is -2.47. The lowest BCUT2D eigenvalue weighted by molar-refractivity contribution is -0.143. The molecule has 0 bridgehead atoms. The van der Waals surface area contributed by atoms with Crippen molar-refractivity contribution in [3.05, 3.63) is 18.0 Å². The van der Waals surface area contributed by atoms with Gasteiger partial charge in [0.05, 0.1) is 18.2 Å². The molecule has 1 aliphatic heterocycles. The van der Waals surface area contributed by atoms with Gasteiger partial charge in [-0.1, -0.05) is 0 Å². The number of nitrogens with zero attached hydrogens (tertiary/aromatic N) is 2. The number of hydrogen-bond donors (Lipinski definition) is 3. The molecule has 0 spiro atoms. The number of hydrogen-bond acceptors (Lipinski definition) is 3. The molecule has 0 saturated carbocycles. The van der Waals surface area contributed by atoms with Gasteiger partial charge in [-0.25, -0.2) is 4.79 Å². The Bertz CT molecular complexity index is 446. The Morgan fingerprint density at radius 1 is 1.63 bits per heavy atom. The summed E-state index contributed by atoms with van der Waals surface area (Å²) in [7, 11) is 0. The number of urea groups is 1. The van der Waals surface area contributed by atoms with Crippen molar-refractivity contribution in [1.82, 2.24) is 20.4 Å². The van der Waals surface area contributed by atoms with Crippen LogP contribution in [0, 0.1) is 5.92 Å². The minimum atomic E-state index is -0.833. The number of amides is 2. The minimum Gasteiger partial charge on any atom is -0.481 e. The van der Waals surface area contributed by atoms with Gasteiger partial charge in [-0.3, -0.25) is 9.89 Å². The average Bonchev–Trinajstić information content (AvgIpc) is 2.92. The third-order valence-corrected chi connectivity index (χ3v) is 3.42. The highest BCUT2D eigenvalue weighted by Gasteiger charge is 2.28. The molecule has 1 fully saturated rings. The molecule has 2 rings (SSSR count). The molecule has 7 nitrogen and oxygen atoms in total. The van der Waals surface area contributed by atoms with Gasteiger partial charge in [-0.2, -0.15) is 5.10 Å². The standard InChI is InChI=1S/C12H18N4O3/c1-8(10-5-13-14-6-10)15-12(19)16-4-2-3-9(7-16)11(17)18/h5-6,8-9H,2-4,7H2,1H3,(H,13,14)(H,15,19)(H,17,18). The van der Waals surface area contributed by atoms with E-state index in [1.54, 1.807) is 17.3 Å². The van der Waals surface area contributed by atoms with E-state index in [-0.39, 0.29) is 18.6 Å². The molecule has 3 N–H and O–H groups in total. The van der Waals surface area contributed by atoms with Crippen LogP contribution in [-0.2, 0) is 4.79 Å². The van der Waals surface area contributed by atoms with Crippen LogP contribution >= 0.6 is 0 Å². The fourth-order valence-corrected chi connectivity index (χ4v) is 2.22. The van der Waals surface area contributed by atoms with E-state index in [0.717, 1.165) is 12.0 Å². The Morgan fingerprint density at radius 2 is 2.42 bits per heavy atom. The molecule has 1 aromatic heterocycles. The predicted molar refractivity (Wildman–Crippen MR) is 67.5 cm³/mol. The van der Waals surface area contributed by atoms with Crippen LogP contribution in [0.2, 0.25) is 0 Å². The van der Waals surface area contributed by atoms with Crippen LogP contribution in [0.25, 0.3) is 0 Å². The molecule has 2 amide bonds. The monoisotopic (exact) mass is 266 g/mol. The molecule has 1 aliphatic rings. The maximum Gasteiger partial charge on any atom is 0.317 e. The first-order chi connectivity index (χ1) is 9.08. The number of carboxylic acids is 1. The SMILES string of the molecule is CC(NC(=O)N1CCCC(C(=O)O)C1)c1cn[nH]c1. The first-order valence-electron chi connectivity index (χ1n) is 6.35. The first kappa shape index (κ1) is 13.4. The van der Waals surface area contributed by atoms with Crippen LogP contribution in [0.1, 0.15) is 31.4 Å². The van der Waals surface area contributed by atoms with Crippen LogP contribution < -0.4 is 5.32 Å². The molecule has 0 aliphatic carbocycles. The van der Waals surface area contributed by atoms with E-state index in [4.69, 9.17) is 5.11 Å². The fourth-order valence-electron chi connectivity index (χ4n) is 2.22. The van der Waals surface area contributed by atoms with E-state index in [0.29, 0.717) is 13.0 Å². The van der Waals surface area contributed by atoms with Crippen LogP contribution in [0.15, 0.2) is 12.4 Å². The Balaban J connectivity index is 1.91. The zero-order valence-corrected chi connectivity index (χ0v) is 10.8. The van der Waals surface area contributed by atoms with Crippen LogP contribution in [0.4, 0.5) is 4.79 Å². The van der Waals surface area contributed by atoms with E-state index >= 15 is 0 Å². The van der Waals surface area contributed by atoms with Gasteiger partial charge in [0.25, 0.3) is 0 Å². The number of rotatable bonds is 3. The predicted octanol–water partition coefficient (Wildman–Crippen LogP) is 0.977. The van der Waals surface area contributed by atoms with Gasteiger partial charge in [-0.15, -0.1) is 0 Å². The van der Waals surface area contributed by atoms with Crippen molar-refractivity contribution >= 4 is 12.0 Å². The molecule has 2 atom stereocenters. The highest BCUT2D eigenvalue weighted by atomic mass is 16.4. The number of piperidine rings is 1. The maximum atomic E-state index is 12.1. The van der Waals surface area contributed by atoms with Gasteiger partial charge >= 0.3 is 12.0 Å². The lowest BCUT2D eigenvalue weighted by atomic mass is 9.99. The maximum absolute atomic E-state index is 12.1. The smallest absolute Gasteiger partial charge is 0.317 e. The average molecular weight is 266 g/mol. The fraction of sp³-hybridized carbons (Fsp3) is 0.583. The third-order valence-electron chi connectivity index (χ3n) is 3.42. The molecule has 19 heavy (non-hydrogen) atoms. The first-order valence-corrected chi connectivity index (χ1v) is 6.35. The summed E-state index contributed by atoms with van der Waals surface area (Å²) < 4.78 is 0. The number of likely N-dealkylation sites (tertiary alicyclic amines) is 1. The summed E-state index contributed by atoms with van der Waals surface area (Å²) in [6.07, 6.45) is 4.74. The topological polar surface area (TPSA) is 98.3 Å². The third kappa shape index (κ3) is 3.24. The number of carbonyl (C=O) groups is 2. The largest absolute Gasteiger partial charge is 0.481 e. The lowest BCUT2D eigenvalue weighted by Gasteiger charge is -2.31. The van der Waals surface area contributed by atoms with Crippen LogP contribution in [0.3, 0.4) is 0 Å². The van der Waals surface area contributed by atoms with Gasteiger partial charge in [-0.05, 0) is 19.8 Å². The second-order valence-corrected chi connectivity index (χ2v) is 4.83. The van der Waals surface area contributed by atoms with Gasteiger partial charge < -0.3 is 15.3 Å². The summed E-state index contributed by atoms with van der Waals surface area (Å²) in [5, 5.41) is 18.4. The molecule has 1 aromatic rings. The van der Waals surface area contributed by atoms with Crippen LogP contribution in [-0.4, -0.2) is 45.3 Å². The zero-order chi connectivity index (χ0) is 13.8. The number of carbonyl (C=O) groups excluding carboxylic acids is 1. The number of aliphatic carboxylic acids is 1. The van der Waals surface area contributed by atoms with Gasteiger partial charge in [0.15, 0.2) is 0 Å². The Kier molecular flexibility index (Phi) is 4.03. The Labute approximate surface area is 111 Å². The summed E-state index contributed by atoms with van der Waals surface area (Å²) in [6, 6.07) is -0.379. The van der Waals surface area contributed by atoms with Crippen molar-refractivity contribution in [2.75, 3.05) is 13.1 Å². The van der Waals surface area contributed by atoms with E-state index in [1.807, 2.05) is 6.92 Å². The normalized spacial score (nSPS) is 20.9. The molecular formula is C12H18N4O3. The highest BCUT2D eigenvalue weighted by Crippen LogP contribution is 2.17. The quantitative estimate of drug-likeness (QED) is 0.759. The number of aromatic amines is 1. The van der Waals surface area contributed by atoms with Crippen LogP contribution in [0.5, 0.6) is 0 Å². The highest BCUT2D eigenvalue weighted by molar-refractivity contribution is 5.76. The van der Waals surface area contributed by atoms with E-state index in [9.17, 15) is 9.59 Å².